The van der Waals surface area contributed by atoms with Gasteiger partial charge in [-0.3, -0.25) is 5.10 Å². The summed E-state index contributed by atoms with van der Waals surface area (Å²) in [6, 6.07) is 10.8. The van der Waals surface area contributed by atoms with E-state index in [4.69, 9.17) is 0 Å². The van der Waals surface area contributed by atoms with E-state index in [-0.39, 0.29) is 0 Å². The van der Waals surface area contributed by atoms with Crippen molar-refractivity contribution in [1.29, 1.82) is 0 Å². The summed E-state index contributed by atoms with van der Waals surface area (Å²) >= 11 is 0. The van der Waals surface area contributed by atoms with Crippen LogP contribution in [-0.2, 0) is 6.42 Å². The molecule has 1 heterocycles. The van der Waals surface area contributed by atoms with Crippen LogP contribution in [0.3, 0.4) is 0 Å². The summed E-state index contributed by atoms with van der Waals surface area (Å²) in [6.07, 6.45) is 0.932. The van der Waals surface area contributed by atoms with Gasteiger partial charge in [0.1, 0.15) is 0 Å². The molecule has 2 heteroatoms. The maximum absolute atomic E-state index is 4.31. The monoisotopic (exact) mass is 214 g/mol. The lowest BCUT2D eigenvalue weighted by atomic mass is 10.1. The van der Waals surface area contributed by atoms with Crippen LogP contribution in [-0.4, -0.2) is 10.2 Å². The molecule has 1 aromatic heterocycles. The predicted molar refractivity (Wildman–Crippen MR) is 66.7 cm³/mol. The average Bonchev–Trinajstić information content (AvgIpc) is 2.66. The standard InChI is InChI=1S/C14H18N2/c1-10(2)14-9-13(15-16-14)8-12-6-4-5-11(3)7-12/h4-7,9-10H,8H2,1-3H3,(H,15,16). The number of hydrogen-bond acceptors (Lipinski definition) is 1. The van der Waals surface area contributed by atoms with E-state index < -0.39 is 0 Å². The Morgan fingerprint density at radius 3 is 2.69 bits per heavy atom. The number of nitrogens with one attached hydrogen (secondary N) is 1. The topological polar surface area (TPSA) is 28.7 Å². The number of H-pyrrole nitrogens is 1. The van der Waals surface area contributed by atoms with E-state index in [1.165, 1.54) is 16.8 Å². The molecule has 0 fully saturated rings. The SMILES string of the molecule is Cc1cccc(Cc2cc(C(C)C)n[nH]2)c1. The fourth-order valence-electron chi connectivity index (χ4n) is 1.81. The quantitative estimate of drug-likeness (QED) is 0.833. The van der Waals surface area contributed by atoms with Gasteiger partial charge in [-0.15, -0.1) is 0 Å². The van der Waals surface area contributed by atoms with Crippen molar-refractivity contribution in [3.05, 3.63) is 52.8 Å². The van der Waals surface area contributed by atoms with Crippen molar-refractivity contribution in [2.45, 2.75) is 33.1 Å². The Balaban J connectivity index is 2.14. The van der Waals surface area contributed by atoms with Gasteiger partial charge in [0.05, 0.1) is 5.69 Å². The van der Waals surface area contributed by atoms with Crippen LogP contribution in [0.1, 0.15) is 42.3 Å². The number of aromatic amines is 1. The molecule has 0 saturated carbocycles. The minimum absolute atomic E-state index is 0.488. The Bertz CT molecular complexity index is 469. The maximum Gasteiger partial charge on any atom is 0.0650 e. The van der Waals surface area contributed by atoms with Crippen molar-refractivity contribution in [1.82, 2.24) is 10.2 Å². The molecule has 0 bridgehead atoms. The van der Waals surface area contributed by atoms with Crippen LogP contribution in [0, 0.1) is 6.92 Å². The summed E-state index contributed by atoms with van der Waals surface area (Å²) in [5.41, 5.74) is 4.97. The van der Waals surface area contributed by atoms with Gasteiger partial charge in [-0.25, -0.2) is 0 Å². The van der Waals surface area contributed by atoms with Gasteiger partial charge in [-0.2, -0.15) is 5.10 Å². The first-order valence-corrected chi connectivity index (χ1v) is 5.75. The van der Waals surface area contributed by atoms with Gasteiger partial charge in [0.2, 0.25) is 0 Å². The van der Waals surface area contributed by atoms with Crippen LogP contribution in [0.4, 0.5) is 0 Å². The minimum atomic E-state index is 0.488. The summed E-state index contributed by atoms with van der Waals surface area (Å²) < 4.78 is 0. The summed E-state index contributed by atoms with van der Waals surface area (Å²) in [7, 11) is 0. The van der Waals surface area contributed by atoms with Gasteiger partial charge in [-0.1, -0.05) is 43.7 Å². The molecule has 84 valence electrons. The summed E-state index contributed by atoms with van der Waals surface area (Å²) in [4.78, 5) is 0. The van der Waals surface area contributed by atoms with E-state index in [1.807, 2.05) is 0 Å². The maximum atomic E-state index is 4.31. The number of nitrogens with zero attached hydrogens (tertiary/aromatic N) is 1. The molecule has 0 unspecified atom stereocenters. The van der Waals surface area contributed by atoms with E-state index in [1.54, 1.807) is 0 Å². The number of aryl methyl sites for hydroxylation is 1. The van der Waals surface area contributed by atoms with Gasteiger partial charge in [0, 0.05) is 12.1 Å². The number of aromatic nitrogens is 2. The lowest BCUT2D eigenvalue weighted by molar-refractivity contribution is 0.809. The van der Waals surface area contributed by atoms with Crippen molar-refractivity contribution in [2.75, 3.05) is 0 Å². The second-order valence-corrected chi connectivity index (χ2v) is 4.64. The lowest BCUT2D eigenvalue weighted by Gasteiger charge is -2.00. The van der Waals surface area contributed by atoms with Gasteiger partial charge >= 0.3 is 0 Å². The molecular formula is C14H18N2. The van der Waals surface area contributed by atoms with Crippen molar-refractivity contribution < 1.29 is 0 Å². The van der Waals surface area contributed by atoms with Crippen molar-refractivity contribution in [3.8, 4) is 0 Å². The van der Waals surface area contributed by atoms with Crippen LogP contribution in [0.15, 0.2) is 30.3 Å². The molecule has 0 radical (unpaired) electrons. The Hall–Kier alpha value is -1.57. The van der Waals surface area contributed by atoms with Crippen molar-refractivity contribution >= 4 is 0 Å². The third-order valence-corrected chi connectivity index (χ3v) is 2.72. The van der Waals surface area contributed by atoms with Crippen LogP contribution in [0.25, 0.3) is 0 Å². The fraction of sp³-hybridized carbons (Fsp3) is 0.357. The molecule has 2 aromatic rings. The minimum Gasteiger partial charge on any atom is -0.282 e. The van der Waals surface area contributed by atoms with Crippen molar-refractivity contribution in [3.63, 3.8) is 0 Å². The van der Waals surface area contributed by atoms with Gasteiger partial charge in [0.15, 0.2) is 0 Å². The predicted octanol–water partition coefficient (Wildman–Crippen LogP) is 3.43. The zero-order chi connectivity index (χ0) is 11.5. The number of benzene rings is 1. The second-order valence-electron chi connectivity index (χ2n) is 4.64. The molecule has 16 heavy (non-hydrogen) atoms. The molecule has 1 N–H and O–H groups in total. The summed E-state index contributed by atoms with van der Waals surface area (Å²) in [5, 5.41) is 7.41. The number of hydrogen-bond donors (Lipinski definition) is 1. The molecule has 1 aromatic carbocycles. The molecule has 0 spiro atoms. The van der Waals surface area contributed by atoms with E-state index >= 15 is 0 Å². The molecule has 2 rings (SSSR count). The molecule has 2 nitrogen and oxygen atoms in total. The normalized spacial score (nSPS) is 11.0. The highest BCUT2D eigenvalue weighted by molar-refractivity contribution is 5.27. The molecule has 0 amide bonds. The van der Waals surface area contributed by atoms with E-state index in [2.05, 4.69) is 61.3 Å². The lowest BCUT2D eigenvalue weighted by Crippen LogP contribution is -1.88. The van der Waals surface area contributed by atoms with Gasteiger partial charge in [-0.05, 0) is 24.5 Å². The number of rotatable bonds is 3. The van der Waals surface area contributed by atoms with E-state index in [0.29, 0.717) is 5.92 Å². The Labute approximate surface area is 96.7 Å². The van der Waals surface area contributed by atoms with Crippen LogP contribution >= 0.6 is 0 Å². The molecule has 0 aliphatic heterocycles. The van der Waals surface area contributed by atoms with Crippen LogP contribution in [0.2, 0.25) is 0 Å². The largest absolute Gasteiger partial charge is 0.282 e. The molecule has 0 saturated heterocycles. The van der Waals surface area contributed by atoms with Crippen LogP contribution < -0.4 is 0 Å². The average molecular weight is 214 g/mol. The first kappa shape index (κ1) is 10.9. The highest BCUT2D eigenvalue weighted by Crippen LogP contribution is 2.15. The van der Waals surface area contributed by atoms with E-state index in [9.17, 15) is 0 Å². The first-order chi connectivity index (χ1) is 7.65. The smallest absolute Gasteiger partial charge is 0.0650 e. The molecule has 0 aliphatic rings. The Morgan fingerprint density at radius 2 is 2.06 bits per heavy atom. The fourth-order valence-corrected chi connectivity index (χ4v) is 1.81. The zero-order valence-electron chi connectivity index (χ0n) is 10.1. The molecule has 0 aliphatic carbocycles. The summed E-state index contributed by atoms with van der Waals surface area (Å²) in [5.74, 6) is 0.488. The highest BCUT2D eigenvalue weighted by atomic mass is 15.1. The Morgan fingerprint density at radius 1 is 1.25 bits per heavy atom. The van der Waals surface area contributed by atoms with Crippen LogP contribution in [0.5, 0.6) is 0 Å². The van der Waals surface area contributed by atoms with Crippen molar-refractivity contribution in [2.24, 2.45) is 0 Å². The van der Waals surface area contributed by atoms with Gasteiger partial charge in [0.25, 0.3) is 0 Å². The zero-order valence-corrected chi connectivity index (χ0v) is 10.1. The molecule has 0 atom stereocenters. The highest BCUT2D eigenvalue weighted by Gasteiger charge is 2.05. The first-order valence-electron chi connectivity index (χ1n) is 5.75. The Kier molecular flexibility index (Phi) is 3.09. The third-order valence-electron chi connectivity index (χ3n) is 2.72. The van der Waals surface area contributed by atoms with E-state index in [0.717, 1.165) is 12.1 Å². The molecular weight excluding hydrogens is 196 g/mol. The second kappa shape index (κ2) is 4.52. The van der Waals surface area contributed by atoms with Gasteiger partial charge < -0.3 is 0 Å². The summed E-state index contributed by atoms with van der Waals surface area (Å²) in [6.45, 7) is 6.44. The third kappa shape index (κ3) is 2.51.